The highest BCUT2D eigenvalue weighted by atomic mass is 35.5. The second-order valence-corrected chi connectivity index (χ2v) is 8.44. The van der Waals surface area contributed by atoms with Crippen molar-refractivity contribution in [2.75, 3.05) is 13.2 Å². The lowest BCUT2D eigenvalue weighted by Gasteiger charge is -2.17. The molecule has 0 saturated carbocycles. The molecule has 7 heteroatoms. The topological polar surface area (TPSA) is 75.6 Å². The Morgan fingerprint density at radius 3 is 2.19 bits per heavy atom. The summed E-state index contributed by atoms with van der Waals surface area (Å²) in [7, 11) is 0. The van der Waals surface area contributed by atoms with Gasteiger partial charge in [0.25, 0.3) is 0 Å². The van der Waals surface area contributed by atoms with Gasteiger partial charge >= 0.3 is 12.1 Å². The molecule has 1 amide bonds. The van der Waals surface area contributed by atoms with Crippen molar-refractivity contribution in [3.8, 4) is 11.1 Å². The van der Waals surface area contributed by atoms with E-state index in [0.717, 1.165) is 22.3 Å². The van der Waals surface area contributed by atoms with Crippen LogP contribution >= 0.6 is 23.2 Å². The van der Waals surface area contributed by atoms with Crippen LogP contribution in [0.1, 0.15) is 22.6 Å². The SMILES string of the molecule is O=C(NCC(Cc1cccc(Cl)c1Cl)C(=O)O)OCC1c2ccccc2-c2ccccc21. The summed E-state index contributed by atoms with van der Waals surface area (Å²) in [6.45, 7) is 0.0760. The molecular weight excluding hydrogens is 449 g/mol. The van der Waals surface area contributed by atoms with E-state index in [-0.39, 0.29) is 25.5 Å². The van der Waals surface area contributed by atoms with Crippen LogP contribution < -0.4 is 5.32 Å². The lowest BCUT2D eigenvalue weighted by Crippen LogP contribution is -2.35. The molecule has 164 valence electrons. The van der Waals surface area contributed by atoms with E-state index in [4.69, 9.17) is 27.9 Å². The largest absolute Gasteiger partial charge is 0.481 e. The third-order valence-corrected chi connectivity index (χ3v) is 6.54. The second kappa shape index (κ2) is 9.63. The summed E-state index contributed by atoms with van der Waals surface area (Å²) in [5.41, 5.74) is 5.12. The van der Waals surface area contributed by atoms with Gasteiger partial charge in [-0.2, -0.15) is 0 Å². The molecule has 1 unspecified atom stereocenters. The maximum Gasteiger partial charge on any atom is 0.407 e. The maximum atomic E-state index is 12.4. The zero-order chi connectivity index (χ0) is 22.7. The van der Waals surface area contributed by atoms with Crippen molar-refractivity contribution < 1.29 is 19.4 Å². The Kier molecular flexibility index (Phi) is 6.68. The van der Waals surface area contributed by atoms with Crippen molar-refractivity contribution in [1.29, 1.82) is 0 Å². The van der Waals surface area contributed by atoms with E-state index < -0.39 is 18.0 Å². The van der Waals surface area contributed by atoms with Gasteiger partial charge in [-0.3, -0.25) is 4.79 Å². The molecule has 0 heterocycles. The van der Waals surface area contributed by atoms with Gasteiger partial charge in [-0.05, 0) is 40.3 Å². The fourth-order valence-corrected chi connectivity index (χ4v) is 4.47. The lowest BCUT2D eigenvalue weighted by atomic mass is 9.98. The molecule has 1 atom stereocenters. The first-order valence-electron chi connectivity index (χ1n) is 10.2. The molecule has 0 aromatic heterocycles. The van der Waals surface area contributed by atoms with Crippen LogP contribution in [0.2, 0.25) is 10.0 Å². The van der Waals surface area contributed by atoms with Gasteiger partial charge < -0.3 is 15.2 Å². The molecule has 0 radical (unpaired) electrons. The van der Waals surface area contributed by atoms with Crippen LogP contribution in [0.25, 0.3) is 11.1 Å². The van der Waals surface area contributed by atoms with Gasteiger partial charge in [-0.25, -0.2) is 4.79 Å². The highest BCUT2D eigenvalue weighted by molar-refractivity contribution is 6.42. The summed E-state index contributed by atoms with van der Waals surface area (Å²) >= 11 is 12.2. The number of amides is 1. The molecule has 0 spiro atoms. The van der Waals surface area contributed by atoms with Crippen molar-refractivity contribution in [2.45, 2.75) is 12.3 Å². The molecule has 3 aromatic carbocycles. The minimum absolute atomic E-state index is 0.0614. The minimum atomic E-state index is -1.04. The Hall–Kier alpha value is -3.02. The van der Waals surface area contributed by atoms with Crippen LogP contribution in [0.4, 0.5) is 4.79 Å². The van der Waals surface area contributed by atoms with E-state index >= 15 is 0 Å². The summed E-state index contributed by atoms with van der Waals surface area (Å²) in [5, 5.41) is 12.8. The van der Waals surface area contributed by atoms with Gasteiger partial charge in [0.15, 0.2) is 0 Å². The summed E-state index contributed by atoms with van der Waals surface area (Å²) in [5.74, 6) is -1.97. The van der Waals surface area contributed by atoms with Crippen LogP contribution in [-0.4, -0.2) is 30.3 Å². The summed E-state index contributed by atoms with van der Waals surface area (Å²) < 4.78 is 5.47. The third kappa shape index (κ3) is 4.59. The zero-order valence-electron chi connectivity index (χ0n) is 17.1. The van der Waals surface area contributed by atoms with E-state index in [2.05, 4.69) is 17.4 Å². The maximum absolute atomic E-state index is 12.4. The van der Waals surface area contributed by atoms with Gasteiger partial charge in [-0.1, -0.05) is 83.9 Å². The molecule has 32 heavy (non-hydrogen) atoms. The van der Waals surface area contributed by atoms with Gasteiger partial charge in [0.2, 0.25) is 0 Å². The number of alkyl carbamates (subject to hydrolysis) is 1. The highest BCUT2D eigenvalue weighted by Crippen LogP contribution is 2.44. The normalized spacial score (nSPS) is 13.2. The summed E-state index contributed by atoms with van der Waals surface area (Å²) in [6, 6.07) is 21.2. The molecule has 5 nitrogen and oxygen atoms in total. The molecule has 0 aliphatic heterocycles. The predicted molar refractivity (Wildman–Crippen MR) is 124 cm³/mol. The number of ether oxygens (including phenoxy) is 1. The van der Waals surface area contributed by atoms with Crippen molar-refractivity contribution in [3.05, 3.63) is 93.5 Å². The minimum Gasteiger partial charge on any atom is -0.481 e. The van der Waals surface area contributed by atoms with Gasteiger partial charge in [-0.15, -0.1) is 0 Å². The lowest BCUT2D eigenvalue weighted by molar-refractivity contribution is -0.141. The first-order chi connectivity index (χ1) is 15.5. The molecule has 0 bridgehead atoms. The number of halogens is 2. The standard InChI is InChI=1S/C25H21Cl2NO4/c26-22-11-5-6-15(23(22)27)12-16(24(29)30)13-28-25(31)32-14-21-19-9-3-1-7-17(19)18-8-2-4-10-20(18)21/h1-11,16,21H,12-14H2,(H,28,31)(H,29,30). The molecule has 1 aliphatic rings. The Labute approximate surface area is 195 Å². The first-order valence-corrected chi connectivity index (χ1v) is 11.0. The number of carboxylic acids is 1. The van der Waals surface area contributed by atoms with E-state index in [0.29, 0.717) is 15.6 Å². The van der Waals surface area contributed by atoms with Crippen molar-refractivity contribution >= 4 is 35.3 Å². The van der Waals surface area contributed by atoms with Crippen molar-refractivity contribution in [1.82, 2.24) is 5.32 Å². The van der Waals surface area contributed by atoms with Crippen LogP contribution in [0.15, 0.2) is 66.7 Å². The number of aliphatic carboxylic acids is 1. The Morgan fingerprint density at radius 1 is 0.938 bits per heavy atom. The predicted octanol–water partition coefficient (Wildman–Crippen LogP) is 5.78. The Bertz CT molecular complexity index is 1120. The van der Waals surface area contributed by atoms with Crippen molar-refractivity contribution in [2.24, 2.45) is 5.92 Å². The van der Waals surface area contributed by atoms with E-state index in [1.54, 1.807) is 18.2 Å². The van der Waals surface area contributed by atoms with Crippen LogP contribution in [-0.2, 0) is 16.0 Å². The van der Waals surface area contributed by atoms with Crippen LogP contribution in [0.3, 0.4) is 0 Å². The number of carboxylic acid groups (broad SMARTS) is 1. The van der Waals surface area contributed by atoms with Gasteiger partial charge in [0.1, 0.15) is 6.61 Å². The smallest absolute Gasteiger partial charge is 0.407 e. The van der Waals surface area contributed by atoms with Crippen LogP contribution in [0.5, 0.6) is 0 Å². The third-order valence-electron chi connectivity index (χ3n) is 5.68. The van der Waals surface area contributed by atoms with E-state index in [9.17, 15) is 14.7 Å². The molecule has 1 aliphatic carbocycles. The summed E-state index contributed by atoms with van der Waals surface area (Å²) in [4.78, 5) is 24.0. The van der Waals surface area contributed by atoms with Crippen molar-refractivity contribution in [3.63, 3.8) is 0 Å². The Morgan fingerprint density at radius 2 is 1.56 bits per heavy atom. The van der Waals surface area contributed by atoms with Gasteiger partial charge in [0, 0.05) is 12.5 Å². The Balaban J connectivity index is 1.38. The average Bonchev–Trinajstić information content (AvgIpc) is 3.11. The van der Waals surface area contributed by atoms with E-state index in [1.165, 1.54) is 0 Å². The fraction of sp³-hybridized carbons (Fsp3) is 0.200. The molecule has 4 rings (SSSR count). The molecule has 2 N–H and O–H groups in total. The van der Waals surface area contributed by atoms with Gasteiger partial charge in [0.05, 0.1) is 16.0 Å². The fourth-order valence-electron chi connectivity index (χ4n) is 4.07. The number of fused-ring (bicyclic) bond motifs is 3. The number of benzene rings is 3. The number of nitrogens with one attached hydrogen (secondary N) is 1. The number of carbonyl (C=O) groups is 2. The molecule has 0 fully saturated rings. The molecule has 3 aromatic rings. The number of carbonyl (C=O) groups excluding carboxylic acids is 1. The summed E-state index contributed by atoms with van der Waals surface area (Å²) in [6.07, 6.45) is -0.520. The van der Waals surface area contributed by atoms with E-state index in [1.807, 2.05) is 36.4 Å². The first kappa shape index (κ1) is 22.2. The monoisotopic (exact) mass is 469 g/mol. The quantitative estimate of drug-likeness (QED) is 0.460. The zero-order valence-corrected chi connectivity index (χ0v) is 18.6. The number of hydrogen-bond acceptors (Lipinski definition) is 3. The number of hydrogen-bond donors (Lipinski definition) is 2. The number of rotatable bonds is 7. The van der Waals surface area contributed by atoms with Crippen LogP contribution in [0, 0.1) is 5.92 Å². The average molecular weight is 470 g/mol. The molecular formula is C25H21Cl2NO4. The molecule has 0 saturated heterocycles. The highest BCUT2D eigenvalue weighted by Gasteiger charge is 2.29. The second-order valence-electron chi connectivity index (χ2n) is 7.66.